The van der Waals surface area contributed by atoms with Crippen molar-refractivity contribution in [3.8, 4) is 11.5 Å². The first-order chi connectivity index (χ1) is 13.3. The van der Waals surface area contributed by atoms with E-state index in [1.807, 2.05) is 22.6 Å². The van der Waals surface area contributed by atoms with Gasteiger partial charge in [0.2, 0.25) is 0 Å². The van der Waals surface area contributed by atoms with Gasteiger partial charge in [-0.25, -0.2) is 4.39 Å². The van der Waals surface area contributed by atoms with E-state index < -0.39 is 17.0 Å². The summed E-state index contributed by atoms with van der Waals surface area (Å²) in [5.74, 6) is -0.805. The molecule has 1 N–H and O–H groups in total. The molecule has 1 heterocycles. The number of benzene rings is 2. The molecule has 1 aliphatic rings. The second-order valence-electron chi connectivity index (χ2n) is 5.75. The highest BCUT2D eigenvalue weighted by Gasteiger charge is 2.36. The molecule has 0 aromatic heterocycles. The number of rotatable bonds is 5. The first-order valence-electron chi connectivity index (χ1n) is 8.15. The van der Waals surface area contributed by atoms with Gasteiger partial charge in [-0.2, -0.15) is 0 Å². The molecule has 0 aliphatic carbocycles. The lowest BCUT2D eigenvalue weighted by atomic mass is 10.1. The highest BCUT2D eigenvalue weighted by molar-refractivity contribution is 14.1. The lowest BCUT2D eigenvalue weighted by Gasteiger charge is -2.14. The lowest BCUT2D eigenvalue weighted by molar-refractivity contribution is -0.123. The molecule has 9 heteroatoms. The molecule has 2 aromatic carbocycles. The minimum Gasteiger partial charge on any atom is -0.504 e. The molecule has 5 nitrogen and oxygen atoms in total. The molecule has 0 saturated carbocycles. The van der Waals surface area contributed by atoms with Crippen LogP contribution in [0.5, 0.6) is 11.5 Å². The molecule has 0 unspecified atom stereocenters. The summed E-state index contributed by atoms with van der Waals surface area (Å²) >= 11 is 8.72. The number of hydrogen-bond acceptors (Lipinski definition) is 5. The maximum Gasteiger partial charge on any atom is 0.293 e. The van der Waals surface area contributed by atoms with Gasteiger partial charge in [-0.1, -0.05) is 17.7 Å². The van der Waals surface area contributed by atoms with E-state index in [-0.39, 0.29) is 33.5 Å². The molecule has 2 aromatic rings. The van der Waals surface area contributed by atoms with Crippen LogP contribution in [0.15, 0.2) is 35.2 Å². The standard InChI is InChI=1S/C19H14ClFINO4S/c1-2-27-15-7-10(6-14(22)17(15)24)8-16-18(25)23(19(26)28-16)9-11-12(20)4-3-5-13(11)21/h3-8,24H,2,9H2,1H3/b16-8+. The molecule has 1 aliphatic heterocycles. The van der Waals surface area contributed by atoms with Gasteiger partial charge in [-0.05, 0) is 77.2 Å². The maximum atomic E-state index is 14.0. The monoisotopic (exact) mass is 533 g/mol. The van der Waals surface area contributed by atoms with Crippen molar-refractivity contribution < 1.29 is 23.8 Å². The van der Waals surface area contributed by atoms with Crippen LogP contribution in [0.2, 0.25) is 5.02 Å². The van der Waals surface area contributed by atoms with E-state index in [4.69, 9.17) is 16.3 Å². The number of nitrogens with zero attached hydrogens (tertiary/aromatic N) is 1. The van der Waals surface area contributed by atoms with Crippen molar-refractivity contribution in [1.82, 2.24) is 4.90 Å². The number of phenolic OH excluding ortho intramolecular Hbond substituents is 1. The molecular formula is C19H14ClFINO4S. The Morgan fingerprint density at radius 2 is 2.11 bits per heavy atom. The van der Waals surface area contributed by atoms with Gasteiger partial charge >= 0.3 is 0 Å². The highest BCUT2D eigenvalue weighted by Crippen LogP contribution is 2.37. The normalized spacial score (nSPS) is 15.6. The summed E-state index contributed by atoms with van der Waals surface area (Å²) in [4.78, 5) is 26.1. The van der Waals surface area contributed by atoms with Crippen molar-refractivity contribution in [2.24, 2.45) is 0 Å². The summed E-state index contributed by atoms with van der Waals surface area (Å²) in [7, 11) is 0. The van der Waals surface area contributed by atoms with Crippen LogP contribution < -0.4 is 4.74 Å². The summed E-state index contributed by atoms with van der Waals surface area (Å²) in [5, 5.41) is 9.68. The fourth-order valence-corrected chi connectivity index (χ4v) is 4.26. The summed E-state index contributed by atoms with van der Waals surface area (Å²) < 4.78 is 19.9. The average molecular weight is 534 g/mol. The summed E-state index contributed by atoms with van der Waals surface area (Å²) in [6, 6.07) is 7.44. The first-order valence-corrected chi connectivity index (χ1v) is 10.4. The summed E-state index contributed by atoms with van der Waals surface area (Å²) in [5.41, 5.74) is 0.686. The van der Waals surface area contributed by atoms with E-state index in [2.05, 4.69) is 0 Å². The zero-order chi connectivity index (χ0) is 20.4. The number of carbonyl (C=O) groups is 2. The van der Waals surface area contributed by atoms with Crippen LogP contribution in [0.4, 0.5) is 9.18 Å². The molecule has 3 rings (SSSR count). The Hall–Kier alpha value is -1.78. The average Bonchev–Trinajstić information content (AvgIpc) is 2.89. The van der Waals surface area contributed by atoms with E-state index in [1.54, 1.807) is 19.1 Å². The number of carbonyl (C=O) groups excluding carboxylic acids is 2. The van der Waals surface area contributed by atoms with Crippen molar-refractivity contribution >= 4 is 63.2 Å². The molecular weight excluding hydrogens is 520 g/mol. The number of ether oxygens (including phenoxy) is 1. The maximum absolute atomic E-state index is 14.0. The number of amides is 2. The molecule has 28 heavy (non-hydrogen) atoms. The van der Waals surface area contributed by atoms with Gasteiger partial charge in [0.25, 0.3) is 11.1 Å². The molecule has 146 valence electrons. The van der Waals surface area contributed by atoms with Crippen molar-refractivity contribution in [3.05, 3.63) is 60.8 Å². The highest BCUT2D eigenvalue weighted by atomic mass is 127. The quantitative estimate of drug-likeness (QED) is 0.410. The molecule has 1 fully saturated rings. The van der Waals surface area contributed by atoms with E-state index in [0.717, 1.165) is 16.7 Å². The third kappa shape index (κ3) is 4.28. The Kier molecular flexibility index (Phi) is 6.51. The number of imide groups is 1. The van der Waals surface area contributed by atoms with E-state index >= 15 is 0 Å². The molecule has 1 saturated heterocycles. The Labute approximate surface area is 183 Å². The third-order valence-corrected chi connectivity index (χ3v) is 5.98. The molecule has 0 spiro atoms. The number of aromatic hydroxyl groups is 1. The Morgan fingerprint density at radius 1 is 1.36 bits per heavy atom. The Balaban J connectivity index is 1.89. The number of halogens is 3. The topological polar surface area (TPSA) is 66.8 Å². The van der Waals surface area contributed by atoms with Crippen molar-refractivity contribution in [1.29, 1.82) is 0 Å². The first kappa shape index (κ1) is 20.9. The van der Waals surface area contributed by atoms with Crippen LogP contribution in [0.1, 0.15) is 18.1 Å². The second kappa shape index (κ2) is 8.71. The van der Waals surface area contributed by atoms with E-state index in [1.165, 1.54) is 24.3 Å². The van der Waals surface area contributed by atoms with Gasteiger partial charge in [0.15, 0.2) is 11.5 Å². The summed E-state index contributed by atoms with van der Waals surface area (Å²) in [6.07, 6.45) is 1.54. The van der Waals surface area contributed by atoms with Crippen LogP contribution in [-0.4, -0.2) is 27.8 Å². The third-order valence-electron chi connectivity index (χ3n) is 3.90. The Morgan fingerprint density at radius 3 is 2.79 bits per heavy atom. The lowest BCUT2D eigenvalue weighted by Crippen LogP contribution is -2.28. The van der Waals surface area contributed by atoms with Crippen LogP contribution >= 0.6 is 46.0 Å². The van der Waals surface area contributed by atoms with Gasteiger partial charge in [-0.3, -0.25) is 14.5 Å². The van der Waals surface area contributed by atoms with Crippen LogP contribution in [0.3, 0.4) is 0 Å². The van der Waals surface area contributed by atoms with Crippen molar-refractivity contribution in [3.63, 3.8) is 0 Å². The molecule has 0 bridgehead atoms. The molecule has 0 atom stereocenters. The number of hydrogen-bond donors (Lipinski definition) is 1. The summed E-state index contributed by atoms with van der Waals surface area (Å²) in [6.45, 7) is 1.91. The van der Waals surface area contributed by atoms with Crippen molar-refractivity contribution in [2.75, 3.05) is 6.61 Å². The zero-order valence-electron chi connectivity index (χ0n) is 14.5. The minimum atomic E-state index is -0.579. The van der Waals surface area contributed by atoms with Crippen LogP contribution in [-0.2, 0) is 11.3 Å². The SMILES string of the molecule is CCOc1cc(/C=C2/SC(=O)N(Cc3c(F)cccc3Cl)C2=O)cc(I)c1O. The Bertz CT molecular complexity index is 978. The molecule has 0 radical (unpaired) electrons. The van der Waals surface area contributed by atoms with Gasteiger partial charge in [-0.15, -0.1) is 0 Å². The fraction of sp³-hybridized carbons (Fsp3) is 0.158. The predicted molar refractivity (Wildman–Crippen MR) is 115 cm³/mol. The number of phenols is 1. The largest absolute Gasteiger partial charge is 0.504 e. The van der Waals surface area contributed by atoms with Gasteiger partial charge < -0.3 is 9.84 Å². The van der Waals surface area contributed by atoms with Crippen LogP contribution in [0, 0.1) is 9.39 Å². The fourth-order valence-electron chi connectivity index (χ4n) is 2.57. The van der Waals surface area contributed by atoms with Gasteiger partial charge in [0.05, 0.1) is 21.6 Å². The van der Waals surface area contributed by atoms with E-state index in [9.17, 15) is 19.1 Å². The minimum absolute atomic E-state index is 0.0156. The second-order valence-corrected chi connectivity index (χ2v) is 8.31. The predicted octanol–water partition coefficient (Wildman–Crippen LogP) is 5.42. The van der Waals surface area contributed by atoms with Crippen molar-refractivity contribution in [2.45, 2.75) is 13.5 Å². The smallest absolute Gasteiger partial charge is 0.293 e. The van der Waals surface area contributed by atoms with Crippen LogP contribution in [0.25, 0.3) is 6.08 Å². The number of thioether (sulfide) groups is 1. The molecule has 2 amide bonds. The van der Waals surface area contributed by atoms with E-state index in [0.29, 0.717) is 15.7 Å². The van der Waals surface area contributed by atoms with Gasteiger partial charge in [0.1, 0.15) is 5.82 Å². The van der Waals surface area contributed by atoms with Gasteiger partial charge in [0, 0.05) is 10.6 Å². The zero-order valence-corrected chi connectivity index (χ0v) is 18.3.